The van der Waals surface area contributed by atoms with Gasteiger partial charge in [0, 0.05) is 27.5 Å². The summed E-state index contributed by atoms with van der Waals surface area (Å²) in [5, 5.41) is 4.33. The second-order valence-electron chi connectivity index (χ2n) is 11.9. The number of nitrogens with zero attached hydrogens (tertiary/aromatic N) is 3. The fourth-order valence-corrected chi connectivity index (χ4v) is 6.55. The fourth-order valence-electron chi connectivity index (χ4n) is 6.55. The van der Waals surface area contributed by atoms with Crippen molar-refractivity contribution in [3.05, 3.63) is 157 Å². The molecular formula is C43H29N3O. The highest BCUT2D eigenvalue weighted by molar-refractivity contribution is 6.16. The molecule has 0 spiro atoms. The van der Waals surface area contributed by atoms with E-state index in [1.54, 1.807) is 0 Å². The Balaban J connectivity index is 1.31. The summed E-state index contributed by atoms with van der Waals surface area (Å²) in [7, 11) is 0. The van der Waals surface area contributed by atoms with Crippen LogP contribution in [0.4, 0.5) is 0 Å². The van der Waals surface area contributed by atoms with Crippen LogP contribution in [0.3, 0.4) is 0 Å². The van der Waals surface area contributed by atoms with Crippen molar-refractivity contribution in [3.63, 3.8) is 0 Å². The summed E-state index contributed by atoms with van der Waals surface area (Å²) in [5.74, 6) is 1.86. The van der Waals surface area contributed by atoms with Gasteiger partial charge in [-0.3, -0.25) is 0 Å². The molecule has 6 aromatic carbocycles. The van der Waals surface area contributed by atoms with Crippen molar-refractivity contribution in [2.45, 2.75) is 12.8 Å². The zero-order chi connectivity index (χ0) is 31.2. The van der Waals surface area contributed by atoms with Gasteiger partial charge in [-0.1, -0.05) is 127 Å². The van der Waals surface area contributed by atoms with Gasteiger partial charge in [-0.25, -0.2) is 15.0 Å². The van der Waals surface area contributed by atoms with Gasteiger partial charge in [0.2, 0.25) is 0 Å². The lowest BCUT2D eigenvalue weighted by molar-refractivity contribution is 0.669. The molecule has 0 amide bonds. The second kappa shape index (κ2) is 11.3. The molecule has 47 heavy (non-hydrogen) atoms. The minimum absolute atomic E-state index is 0.606. The third kappa shape index (κ3) is 5.01. The zero-order valence-electron chi connectivity index (χ0n) is 25.6. The van der Waals surface area contributed by atoms with Crippen LogP contribution >= 0.6 is 0 Å². The van der Waals surface area contributed by atoms with Crippen molar-refractivity contribution in [1.29, 1.82) is 0 Å². The van der Waals surface area contributed by atoms with Crippen LogP contribution in [0.15, 0.2) is 156 Å². The minimum atomic E-state index is 0.606. The highest BCUT2D eigenvalue weighted by atomic mass is 16.3. The van der Waals surface area contributed by atoms with Crippen molar-refractivity contribution in [2.75, 3.05) is 0 Å². The fraction of sp³-hybridized carbons (Fsp3) is 0.0465. The number of aromatic nitrogens is 3. The van der Waals surface area contributed by atoms with Gasteiger partial charge in [0.1, 0.15) is 11.2 Å². The second-order valence-corrected chi connectivity index (χ2v) is 11.9. The first-order chi connectivity index (χ1) is 23.3. The summed E-state index contributed by atoms with van der Waals surface area (Å²) in [6.07, 6.45) is 8.96. The van der Waals surface area contributed by atoms with E-state index in [9.17, 15) is 0 Å². The summed E-state index contributed by atoms with van der Waals surface area (Å²) < 4.78 is 6.64. The summed E-state index contributed by atoms with van der Waals surface area (Å²) in [5.41, 5.74) is 9.05. The molecule has 0 unspecified atom stereocenters. The van der Waals surface area contributed by atoms with Crippen LogP contribution in [0, 0.1) is 0 Å². The Labute approximate surface area is 272 Å². The molecular weight excluding hydrogens is 574 g/mol. The lowest BCUT2D eigenvalue weighted by atomic mass is 9.95. The number of fused-ring (bicyclic) bond motifs is 4. The van der Waals surface area contributed by atoms with E-state index in [0.29, 0.717) is 17.5 Å². The van der Waals surface area contributed by atoms with Crippen LogP contribution in [0.25, 0.3) is 83.6 Å². The van der Waals surface area contributed by atoms with Crippen LogP contribution in [0.2, 0.25) is 0 Å². The first-order valence-corrected chi connectivity index (χ1v) is 16.0. The SMILES string of the molecule is C1=CC(c2ccc(-c3cc(-c4nc(-c5ccccc5)nc(-c5ccccc5)n4)c4c(c3)oc3cc5ccccc5cc34)cc2)=CCC1. The molecule has 0 N–H and O–H groups in total. The largest absolute Gasteiger partial charge is 0.456 e. The van der Waals surface area contributed by atoms with Gasteiger partial charge in [0.15, 0.2) is 17.5 Å². The average molecular weight is 604 g/mol. The molecule has 0 fully saturated rings. The Hall–Kier alpha value is -6.13. The maximum absolute atomic E-state index is 6.64. The first kappa shape index (κ1) is 27.2. The lowest BCUT2D eigenvalue weighted by Crippen LogP contribution is -2.00. The number of hydrogen-bond acceptors (Lipinski definition) is 4. The Bertz CT molecular complexity index is 2430. The van der Waals surface area contributed by atoms with Crippen molar-refractivity contribution in [1.82, 2.24) is 15.0 Å². The van der Waals surface area contributed by atoms with Crippen LogP contribution < -0.4 is 0 Å². The summed E-state index contributed by atoms with van der Waals surface area (Å²) in [6, 6.07) is 46.1. The summed E-state index contributed by atoms with van der Waals surface area (Å²) in [4.78, 5) is 15.2. The van der Waals surface area contributed by atoms with Crippen molar-refractivity contribution in [3.8, 4) is 45.3 Å². The predicted octanol–water partition coefficient (Wildman–Crippen LogP) is 11.3. The molecule has 0 radical (unpaired) electrons. The van der Waals surface area contributed by atoms with Gasteiger partial charge in [-0.2, -0.15) is 0 Å². The number of furan rings is 1. The number of benzene rings is 6. The van der Waals surface area contributed by atoms with Gasteiger partial charge in [0.25, 0.3) is 0 Å². The van der Waals surface area contributed by atoms with Crippen LogP contribution in [-0.4, -0.2) is 15.0 Å². The van der Waals surface area contributed by atoms with Crippen LogP contribution in [-0.2, 0) is 0 Å². The minimum Gasteiger partial charge on any atom is -0.456 e. The van der Waals surface area contributed by atoms with Crippen LogP contribution in [0.5, 0.6) is 0 Å². The van der Waals surface area contributed by atoms with E-state index < -0.39 is 0 Å². The summed E-state index contributed by atoms with van der Waals surface area (Å²) in [6.45, 7) is 0. The number of hydrogen-bond donors (Lipinski definition) is 0. The maximum atomic E-state index is 6.64. The summed E-state index contributed by atoms with van der Waals surface area (Å²) >= 11 is 0. The molecule has 9 rings (SSSR count). The third-order valence-electron chi connectivity index (χ3n) is 8.93. The average Bonchev–Trinajstić information content (AvgIpc) is 3.51. The van der Waals surface area contributed by atoms with E-state index in [2.05, 4.69) is 91.0 Å². The number of allylic oxidation sites excluding steroid dienone is 4. The van der Waals surface area contributed by atoms with Gasteiger partial charge >= 0.3 is 0 Å². The van der Waals surface area contributed by atoms with Gasteiger partial charge in [-0.15, -0.1) is 0 Å². The molecule has 4 heteroatoms. The molecule has 0 bridgehead atoms. The van der Waals surface area contributed by atoms with Gasteiger partial charge < -0.3 is 4.42 Å². The standard InChI is InChI=1S/C43H29N3O/c1-4-12-28(13-5-1)29-20-22-30(23-21-29)35-25-37(40-36-24-33-18-10-11-19-34(33)26-38(36)47-39(40)27-35)43-45-41(31-14-6-2-7-15-31)44-42(46-43)32-16-8-3-9-17-32/h2-4,6-27H,1,5H2. The third-order valence-corrected chi connectivity index (χ3v) is 8.93. The maximum Gasteiger partial charge on any atom is 0.164 e. The van der Waals surface area contributed by atoms with Crippen molar-refractivity contribution >= 4 is 38.3 Å². The molecule has 2 aromatic heterocycles. The molecule has 1 aliphatic carbocycles. The Morgan fingerprint density at radius 3 is 1.74 bits per heavy atom. The quantitative estimate of drug-likeness (QED) is 0.196. The van der Waals surface area contributed by atoms with Gasteiger partial charge in [-0.05, 0) is 70.1 Å². The molecule has 0 saturated carbocycles. The predicted molar refractivity (Wildman–Crippen MR) is 193 cm³/mol. The Morgan fingerprint density at radius 1 is 0.468 bits per heavy atom. The molecule has 0 atom stereocenters. The molecule has 2 heterocycles. The highest BCUT2D eigenvalue weighted by Crippen LogP contribution is 2.41. The molecule has 0 saturated heterocycles. The van der Waals surface area contributed by atoms with E-state index in [4.69, 9.17) is 19.4 Å². The lowest BCUT2D eigenvalue weighted by Gasteiger charge is -2.12. The van der Waals surface area contributed by atoms with E-state index in [-0.39, 0.29) is 0 Å². The first-order valence-electron chi connectivity index (χ1n) is 16.0. The van der Waals surface area contributed by atoms with E-state index in [1.807, 2.05) is 60.7 Å². The van der Waals surface area contributed by atoms with Crippen molar-refractivity contribution < 1.29 is 4.42 Å². The topological polar surface area (TPSA) is 51.8 Å². The van der Waals surface area contributed by atoms with Gasteiger partial charge in [0.05, 0.1) is 0 Å². The molecule has 0 aliphatic heterocycles. The van der Waals surface area contributed by atoms with Crippen LogP contribution in [0.1, 0.15) is 18.4 Å². The zero-order valence-corrected chi connectivity index (χ0v) is 25.6. The van der Waals surface area contributed by atoms with E-state index >= 15 is 0 Å². The van der Waals surface area contributed by atoms with E-state index in [1.165, 1.54) is 11.1 Å². The smallest absolute Gasteiger partial charge is 0.164 e. The van der Waals surface area contributed by atoms with Crippen molar-refractivity contribution in [2.24, 2.45) is 0 Å². The molecule has 8 aromatic rings. The molecule has 1 aliphatic rings. The normalized spacial score (nSPS) is 13.0. The highest BCUT2D eigenvalue weighted by Gasteiger charge is 2.20. The Morgan fingerprint density at radius 2 is 1.09 bits per heavy atom. The van der Waals surface area contributed by atoms with E-state index in [0.717, 1.165) is 73.4 Å². The number of rotatable bonds is 5. The monoisotopic (exact) mass is 603 g/mol. The molecule has 222 valence electrons. The molecule has 4 nitrogen and oxygen atoms in total. The Kier molecular flexibility index (Phi) is 6.57.